The maximum Gasteiger partial charge on any atom is 0.0574 e. The second kappa shape index (κ2) is 6.92. The number of nitrogens with one attached hydrogen (secondary N) is 1. The lowest BCUT2D eigenvalue weighted by Crippen LogP contribution is -2.18. The molecule has 20 heavy (non-hydrogen) atoms. The van der Waals surface area contributed by atoms with E-state index in [-0.39, 0.29) is 6.04 Å². The van der Waals surface area contributed by atoms with Gasteiger partial charge in [-0.1, -0.05) is 55.8 Å². The standard InChI is InChI=1S/C18H22ClN/c1-4-13-9-10-16(11-14(13)5-2)18(20-3)15-7-6-8-17(19)12-15/h6-12,18,20H,4-5H2,1-3H3. The van der Waals surface area contributed by atoms with Crippen LogP contribution in [0.2, 0.25) is 5.02 Å². The largest absolute Gasteiger partial charge is 0.309 e. The summed E-state index contributed by atoms with van der Waals surface area (Å²) in [5, 5.41) is 4.17. The van der Waals surface area contributed by atoms with Gasteiger partial charge in [0.05, 0.1) is 6.04 Å². The molecule has 0 aromatic heterocycles. The van der Waals surface area contributed by atoms with E-state index in [0.29, 0.717) is 0 Å². The van der Waals surface area contributed by atoms with Crippen LogP contribution in [0.3, 0.4) is 0 Å². The van der Waals surface area contributed by atoms with Crippen molar-refractivity contribution >= 4 is 11.6 Å². The van der Waals surface area contributed by atoms with Crippen LogP contribution in [0.25, 0.3) is 0 Å². The molecule has 0 saturated carbocycles. The van der Waals surface area contributed by atoms with Crippen LogP contribution in [0.15, 0.2) is 42.5 Å². The Hall–Kier alpha value is -1.31. The Kier molecular flexibility index (Phi) is 5.22. The molecule has 0 amide bonds. The Balaban J connectivity index is 2.41. The first kappa shape index (κ1) is 15.1. The minimum Gasteiger partial charge on any atom is -0.309 e. The quantitative estimate of drug-likeness (QED) is 0.835. The molecule has 1 nitrogen and oxygen atoms in total. The topological polar surface area (TPSA) is 12.0 Å². The smallest absolute Gasteiger partial charge is 0.0574 e. The van der Waals surface area contributed by atoms with Gasteiger partial charge in [0.2, 0.25) is 0 Å². The minimum atomic E-state index is 0.185. The summed E-state index contributed by atoms with van der Waals surface area (Å²) in [5.41, 5.74) is 5.37. The molecule has 0 heterocycles. The molecule has 106 valence electrons. The number of halogens is 1. The molecule has 1 atom stereocenters. The third-order valence-electron chi connectivity index (χ3n) is 3.80. The molecule has 0 aliphatic heterocycles. The van der Waals surface area contributed by atoms with Crippen LogP contribution in [-0.2, 0) is 12.8 Å². The van der Waals surface area contributed by atoms with Crippen LogP contribution < -0.4 is 5.32 Å². The molecular weight excluding hydrogens is 266 g/mol. The predicted octanol–water partition coefficient (Wildman–Crippen LogP) is 4.77. The summed E-state index contributed by atoms with van der Waals surface area (Å²) in [5.74, 6) is 0. The molecular formula is C18H22ClN. The van der Waals surface area contributed by atoms with Crippen molar-refractivity contribution in [1.82, 2.24) is 5.32 Å². The molecule has 2 heteroatoms. The first-order valence-electron chi connectivity index (χ1n) is 7.24. The highest BCUT2D eigenvalue weighted by atomic mass is 35.5. The summed E-state index contributed by atoms with van der Waals surface area (Å²) in [7, 11) is 1.99. The summed E-state index contributed by atoms with van der Waals surface area (Å²) >= 11 is 6.11. The van der Waals surface area contributed by atoms with Crippen LogP contribution in [-0.4, -0.2) is 7.05 Å². The Bertz CT molecular complexity index is 577. The number of aryl methyl sites for hydroxylation is 2. The van der Waals surface area contributed by atoms with Gasteiger partial charge in [0.15, 0.2) is 0 Å². The van der Waals surface area contributed by atoms with E-state index in [1.807, 2.05) is 25.2 Å². The number of hydrogen-bond donors (Lipinski definition) is 1. The van der Waals surface area contributed by atoms with Gasteiger partial charge in [-0.05, 0) is 54.3 Å². The maximum atomic E-state index is 6.11. The van der Waals surface area contributed by atoms with Crippen LogP contribution >= 0.6 is 11.6 Å². The van der Waals surface area contributed by atoms with Crippen molar-refractivity contribution in [2.45, 2.75) is 32.7 Å². The van der Waals surface area contributed by atoms with Crippen molar-refractivity contribution in [3.05, 3.63) is 69.7 Å². The van der Waals surface area contributed by atoms with Gasteiger partial charge in [0.25, 0.3) is 0 Å². The van der Waals surface area contributed by atoms with E-state index in [1.165, 1.54) is 22.3 Å². The van der Waals surface area contributed by atoms with E-state index in [4.69, 9.17) is 11.6 Å². The highest BCUT2D eigenvalue weighted by molar-refractivity contribution is 6.30. The summed E-state index contributed by atoms with van der Waals surface area (Å²) in [6.45, 7) is 4.42. The Morgan fingerprint density at radius 2 is 1.65 bits per heavy atom. The fourth-order valence-corrected chi connectivity index (χ4v) is 2.91. The fourth-order valence-electron chi connectivity index (χ4n) is 2.71. The maximum absolute atomic E-state index is 6.11. The SMILES string of the molecule is CCc1ccc(C(NC)c2cccc(Cl)c2)cc1CC. The highest BCUT2D eigenvalue weighted by Gasteiger charge is 2.13. The van der Waals surface area contributed by atoms with Gasteiger partial charge >= 0.3 is 0 Å². The monoisotopic (exact) mass is 287 g/mol. The number of rotatable bonds is 5. The van der Waals surface area contributed by atoms with E-state index in [9.17, 15) is 0 Å². The zero-order valence-electron chi connectivity index (χ0n) is 12.4. The van der Waals surface area contributed by atoms with Crippen LogP contribution in [0.4, 0.5) is 0 Å². The van der Waals surface area contributed by atoms with Crippen LogP contribution in [0.1, 0.15) is 42.1 Å². The molecule has 0 aliphatic carbocycles. The summed E-state index contributed by atoms with van der Waals surface area (Å²) < 4.78 is 0. The number of benzene rings is 2. The third-order valence-corrected chi connectivity index (χ3v) is 4.03. The van der Waals surface area contributed by atoms with E-state index >= 15 is 0 Å². The first-order valence-corrected chi connectivity index (χ1v) is 7.61. The second-order valence-corrected chi connectivity index (χ2v) is 5.45. The molecule has 0 spiro atoms. The van der Waals surface area contributed by atoms with E-state index in [1.54, 1.807) is 0 Å². The normalized spacial score (nSPS) is 12.4. The van der Waals surface area contributed by atoms with Crippen LogP contribution in [0.5, 0.6) is 0 Å². The van der Waals surface area contributed by atoms with Crippen LogP contribution in [0, 0.1) is 0 Å². The minimum absolute atomic E-state index is 0.185. The van der Waals surface area contributed by atoms with Gasteiger partial charge in [0, 0.05) is 5.02 Å². The van der Waals surface area contributed by atoms with Crippen molar-refractivity contribution in [2.75, 3.05) is 7.05 Å². The van der Waals surface area contributed by atoms with Crippen molar-refractivity contribution in [3.63, 3.8) is 0 Å². The molecule has 0 saturated heterocycles. The molecule has 0 radical (unpaired) electrons. The molecule has 1 N–H and O–H groups in total. The number of hydrogen-bond acceptors (Lipinski definition) is 1. The zero-order chi connectivity index (χ0) is 14.5. The zero-order valence-corrected chi connectivity index (χ0v) is 13.2. The molecule has 2 rings (SSSR count). The second-order valence-electron chi connectivity index (χ2n) is 5.01. The molecule has 2 aromatic rings. The molecule has 0 aliphatic rings. The van der Waals surface area contributed by atoms with Gasteiger partial charge in [0.1, 0.15) is 0 Å². The lowest BCUT2D eigenvalue weighted by atomic mass is 9.93. The predicted molar refractivity (Wildman–Crippen MR) is 87.6 cm³/mol. The summed E-state index contributed by atoms with van der Waals surface area (Å²) in [4.78, 5) is 0. The summed E-state index contributed by atoms with van der Waals surface area (Å²) in [6.07, 6.45) is 2.16. The average Bonchev–Trinajstić information content (AvgIpc) is 2.48. The van der Waals surface area contributed by atoms with Gasteiger partial charge in [-0.3, -0.25) is 0 Å². The molecule has 2 aromatic carbocycles. The fraction of sp³-hybridized carbons (Fsp3) is 0.333. The molecule has 0 fully saturated rings. The van der Waals surface area contributed by atoms with E-state index in [0.717, 1.165) is 17.9 Å². The lowest BCUT2D eigenvalue weighted by Gasteiger charge is -2.19. The van der Waals surface area contributed by atoms with Gasteiger partial charge in [-0.25, -0.2) is 0 Å². The lowest BCUT2D eigenvalue weighted by molar-refractivity contribution is 0.690. The molecule has 0 bridgehead atoms. The van der Waals surface area contributed by atoms with Gasteiger partial charge in [-0.15, -0.1) is 0 Å². The summed E-state index contributed by atoms with van der Waals surface area (Å²) in [6, 6.07) is 15.0. The Morgan fingerprint density at radius 3 is 2.25 bits per heavy atom. The van der Waals surface area contributed by atoms with Crippen molar-refractivity contribution in [2.24, 2.45) is 0 Å². The van der Waals surface area contributed by atoms with Crippen molar-refractivity contribution < 1.29 is 0 Å². The van der Waals surface area contributed by atoms with Crippen molar-refractivity contribution in [3.8, 4) is 0 Å². The van der Waals surface area contributed by atoms with Gasteiger partial charge in [-0.2, -0.15) is 0 Å². The Labute approximate surface area is 127 Å². The van der Waals surface area contributed by atoms with Crippen molar-refractivity contribution in [1.29, 1.82) is 0 Å². The van der Waals surface area contributed by atoms with E-state index < -0.39 is 0 Å². The average molecular weight is 288 g/mol. The first-order chi connectivity index (χ1) is 9.69. The highest BCUT2D eigenvalue weighted by Crippen LogP contribution is 2.26. The van der Waals surface area contributed by atoms with Gasteiger partial charge < -0.3 is 5.32 Å². The molecule has 1 unspecified atom stereocenters. The third kappa shape index (κ3) is 3.23. The Morgan fingerprint density at radius 1 is 0.950 bits per heavy atom. The van der Waals surface area contributed by atoms with E-state index in [2.05, 4.69) is 43.4 Å².